The van der Waals surface area contributed by atoms with Crippen molar-refractivity contribution >= 4 is 34.1 Å². The summed E-state index contributed by atoms with van der Waals surface area (Å²) in [6.45, 7) is 0.743. The molecule has 15 heteroatoms. The molecule has 0 spiro atoms. The SMILES string of the molecule is COC(=O)[C@H](Cc1ccc(-c2c(C)c3ccccc3n(C)c2=O)c2nccn12)NC(=O)c1c(F)cc(N2CCOC[C@H]2C(F)(F)F)cc1F. The van der Waals surface area contributed by atoms with Crippen molar-refractivity contribution in [2.75, 3.05) is 31.8 Å². The van der Waals surface area contributed by atoms with Gasteiger partial charge >= 0.3 is 12.1 Å². The average molecular weight is 684 g/mol. The van der Waals surface area contributed by atoms with E-state index < -0.39 is 59.6 Å². The number of anilines is 1. The molecule has 4 heterocycles. The summed E-state index contributed by atoms with van der Waals surface area (Å²) in [5.41, 5.74) is 1.53. The smallest absolute Gasteiger partial charge is 0.411 e. The molecule has 1 aliphatic heterocycles. The van der Waals surface area contributed by atoms with Crippen molar-refractivity contribution < 1.29 is 41.0 Å². The number of imidazole rings is 1. The lowest BCUT2D eigenvalue weighted by Gasteiger charge is -2.38. The molecule has 2 aromatic carbocycles. The molecular weight excluding hydrogens is 653 g/mol. The first kappa shape index (κ1) is 33.6. The van der Waals surface area contributed by atoms with Gasteiger partial charge in [-0.1, -0.05) is 18.2 Å². The van der Waals surface area contributed by atoms with Crippen molar-refractivity contribution in [3.8, 4) is 11.1 Å². The third-order valence-electron chi connectivity index (χ3n) is 8.76. The Kier molecular flexibility index (Phi) is 8.88. The molecule has 0 saturated carbocycles. The third kappa shape index (κ3) is 6.09. The molecule has 6 rings (SSSR count). The molecule has 1 N–H and O–H groups in total. The first-order valence-corrected chi connectivity index (χ1v) is 15.1. The van der Waals surface area contributed by atoms with Crippen LogP contribution in [0.4, 0.5) is 27.6 Å². The summed E-state index contributed by atoms with van der Waals surface area (Å²) < 4.78 is 84.2. The Labute approximate surface area is 275 Å². The predicted octanol–water partition coefficient (Wildman–Crippen LogP) is 4.72. The number of nitrogens with zero attached hydrogens (tertiary/aromatic N) is 4. The Morgan fingerprint density at radius 3 is 2.53 bits per heavy atom. The van der Waals surface area contributed by atoms with Gasteiger partial charge in [0.15, 0.2) is 0 Å². The predicted molar refractivity (Wildman–Crippen MR) is 169 cm³/mol. The highest BCUT2D eigenvalue weighted by molar-refractivity contribution is 5.98. The van der Waals surface area contributed by atoms with E-state index in [4.69, 9.17) is 9.47 Å². The molecule has 2 atom stereocenters. The number of aryl methyl sites for hydroxylation is 2. The van der Waals surface area contributed by atoms with Crippen LogP contribution in [0.3, 0.4) is 0 Å². The minimum Gasteiger partial charge on any atom is -0.467 e. The molecule has 10 nitrogen and oxygen atoms in total. The number of alkyl halides is 3. The van der Waals surface area contributed by atoms with Crippen LogP contribution in [-0.4, -0.2) is 71.0 Å². The first-order chi connectivity index (χ1) is 23.3. The second-order valence-electron chi connectivity index (χ2n) is 11.6. The number of para-hydroxylation sites is 1. The van der Waals surface area contributed by atoms with Crippen LogP contribution in [0.15, 0.2) is 65.7 Å². The van der Waals surface area contributed by atoms with Gasteiger partial charge in [-0.25, -0.2) is 18.6 Å². The second kappa shape index (κ2) is 13.0. The van der Waals surface area contributed by atoms with Crippen LogP contribution in [0.1, 0.15) is 21.6 Å². The van der Waals surface area contributed by atoms with E-state index in [2.05, 4.69) is 10.3 Å². The van der Waals surface area contributed by atoms with E-state index in [0.29, 0.717) is 34.6 Å². The number of morpholine rings is 1. The monoisotopic (exact) mass is 683 g/mol. The molecule has 0 aliphatic carbocycles. The number of carbonyl (C=O) groups is 2. The van der Waals surface area contributed by atoms with Gasteiger partial charge < -0.3 is 28.7 Å². The minimum absolute atomic E-state index is 0.0947. The van der Waals surface area contributed by atoms with Crippen molar-refractivity contribution in [2.45, 2.75) is 31.6 Å². The van der Waals surface area contributed by atoms with Crippen molar-refractivity contribution in [1.82, 2.24) is 19.3 Å². The maximum Gasteiger partial charge on any atom is 0.411 e. The van der Waals surface area contributed by atoms with Crippen molar-refractivity contribution in [1.29, 1.82) is 0 Å². The van der Waals surface area contributed by atoms with E-state index in [1.54, 1.807) is 34.3 Å². The van der Waals surface area contributed by atoms with Crippen LogP contribution >= 0.6 is 0 Å². The van der Waals surface area contributed by atoms with Crippen LogP contribution in [0.25, 0.3) is 27.7 Å². The maximum absolute atomic E-state index is 15.3. The molecular formula is C34H30F5N5O5. The van der Waals surface area contributed by atoms with E-state index in [1.807, 2.05) is 31.2 Å². The number of halogens is 5. The molecule has 0 radical (unpaired) electrons. The number of methoxy groups -OCH3 is 1. The third-order valence-corrected chi connectivity index (χ3v) is 8.76. The van der Waals surface area contributed by atoms with Gasteiger partial charge in [0.05, 0.1) is 31.4 Å². The van der Waals surface area contributed by atoms with E-state index >= 15 is 8.78 Å². The summed E-state index contributed by atoms with van der Waals surface area (Å²) in [7, 11) is 2.75. The highest BCUT2D eigenvalue weighted by Gasteiger charge is 2.46. The number of hydrogen-bond donors (Lipinski definition) is 1. The minimum atomic E-state index is -4.74. The summed E-state index contributed by atoms with van der Waals surface area (Å²) in [4.78, 5) is 44.8. The van der Waals surface area contributed by atoms with E-state index in [0.717, 1.165) is 28.5 Å². The summed E-state index contributed by atoms with van der Waals surface area (Å²) in [5, 5.41) is 3.18. The number of pyridine rings is 2. The summed E-state index contributed by atoms with van der Waals surface area (Å²) in [6, 6.07) is 8.48. The van der Waals surface area contributed by atoms with Crippen LogP contribution in [0.5, 0.6) is 0 Å². The molecule has 5 aromatic rings. The lowest BCUT2D eigenvalue weighted by atomic mass is 9.98. The van der Waals surface area contributed by atoms with Crippen molar-refractivity contribution in [2.24, 2.45) is 7.05 Å². The number of aromatic nitrogens is 3. The molecule has 1 saturated heterocycles. The van der Waals surface area contributed by atoms with Crippen LogP contribution in [0, 0.1) is 18.6 Å². The summed E-state index contributed by atoms with van der Waals surface area (Å²) in [5.74, 6) is -5.08. The number of nitrogens with one attached hydrogen (secondary N) is 1. The number of carbonyl (C=O) groups excluding carboxylic acids is 2. The Balaban J connectivity index is 1.31. The fourth-order valence-electron chi connectivity index (χ4n) is 6.30. The number of hydrogen-bond acceptors (Lipinski definition) is 7. The van der Waals surface area contributed by atoms with Gasteiger partial charge in [0.1, 0.15) is 34.9 Å². The van der Waals surface area contributed by atoms with E-state index in [9.17, 15) is 27.6 Å². The molecule has 0 unspecified atom stereocenters. The molecule has 0 bridgehead atoms. The average Bonchev–Trinajstić information content (AvgIpc) is 3.57. The van der Waals surface area contributed by atoms with Crippen molar-refractivity contribution in [3.63, 3.8) is 0 Å². The highest BCUT2D eigenvalue weighted by atomic mass is 19.4. The van der Waals surface area contributed by atoms with Crippen molar-refractivity contribution in [3.05, 3.63) is 99.7 Å². The normalized spacial score (nSPS) is 15.8. The summed E-state index contributed by atoms with van der Waals surface area (Å²) >= 11 is 0. The molecule has 3 aromatic heterocycles. The number of amides is 1. The zero-order valence-corrected chi connectivity index (χ0v) is 26.5. The topological polar surface area (TPSA) is 107 Å². The van der Waals surface area contributed by atoms with Gasteiger partial charge in [-0.15, -0.1) is 0 Å². The van der Waals surface area contributed by atoms with Gasteiger partial charge in [0.25, 0.3) is 11.5 Å². The Morgan fingerprint density at radius 1 is 1.12 bits per heavy atom. The zero-order valence-electron chi connectivity index (χ0n) is 26.5. The van der Waals surface area contributed by atoms with E-state index in [1.165, 1.54) is 6.20 Å². The van der Waals surface area contributed by atoms with Gasteiger partial charge in [0, 0.05) is 54.7 Å². The van der Waals surface area contributed by atoms with Crippen LogP contribution < -0.4 is 15.8 Å². The van der Waals surface area contributed by atoms with E-state index in [-0.39, 0.29) is 25.1 Å². The molecule has 1 fully saturated rings. The quantitative estimate of drug-likeness (QED) is 0.196. The molecule has 49 heavy (non-hydrogen) atoms. The molecule has 256 valence electrons. The van der Waals surface area contributed by atoms with Gasteiger partial charge in [-0.2, -0.15) is 13.2 Å². The lowest BCUT2D eigenvalue weighted by Crippen LogP contribution is -2.53. The fraction of sp³-hybridized carbons (Fsp3) is 0.294. The second-order valence-corrected chi connectivity index (χ2v) is 11.6. The number of rotatable bonds is 7. The fourth-order valence-corrected chi connectivity index (χ4v) is 6.30. The van der Waals surface area contributed by atoms with Crippen LogP contribution in [-0.2, 0) is 27.7 Å². The Hall–Kier alpha value is -5.31. The number of fused-ring (bicyclic) bond motifs is 2. The number of ether oxygens (including phenoxy) is 2. The molecule has 1 amide bonds. The Morgan fingerprint density at radius 2 is 1.84 bits per heavy atom. The number of esters is 1. The first-order valence-electron chi connectivity index (χ1n) is 15.1. The largest absolute Gasteiger partial charge is 0.467 e. The van der Waals surface area contributed by atoms with Crippen LogP contribution in [0.2, 0.25) is 0 Å². The lowest BCUT2D eigenvalue weighted by molar-refractivity contribution is -0.167. The van der Waals surface area contributed by atoms with Gasteiger partial charge in [0.2, 0.25) is 0 Å². The number of benzene rings is 2. The van der Waals surface area contributed by atoms with Gasteiger partial charge in [-0.3, -0.25) is 9.59 Å². The van der Waals surface area contributed by atoms with Gasteiger partial charge in [-0.05, 0) is 42.8 Å². The molecule has 1 aliphatic rings. The Bertz CT molecular complexity index is 2140. The summed E-state index contributed by atoms with van der Waals surface area (Å²) in [6.07, 6.45) is -1.86. The maximum atomic E-state index is 15.3. The highest BCUT2D eigenvalue weighted by Crippen LogP contribution is 2.33. The zero-order chi connectivity index (χ0) is 35.2. The standard InChI is InChI=1S/C34H30F5N5O5/c1-18-21-6-4-5-7-26(21)42(2)32(46)28(18)22-9-8-19(44-11-10-40-30(22)44)16-25(33(47)48-3)41-31(45)29-23(35)14-20(15-24(29)36)43-12-13-49-17-27(43)34(37,38)39/h4-11,14-15,25,27H,12-13,16-17H2,1-3H3,(H,41,45)/t25-,27-/m0/s1.